The van der Waals surface area contributed by atoms with Crippen LogP contribution in [0.4, 0.5) is 4.79 Å². The Bertz CT molecular complexity index is 321. The van der Waals surface area contributed by atoms with Crippen LogP contribution < -0.4 is 5.73 Å². The van der Waals surface area contributed by atoms with Gasteiger partial charge < -0.3 is 15.4 Å². The largest absolute Gasteiger partial charge is 0.444 e. The van der Waals surface area contributed by atoms with Gasteiger partial charge in [0.2, 0.25) is 0 Å². The Morgan fingerprint density at radius 2 is 2.00 bits per heavy atom. The average Bonchev–Trinajstić information content (AvgIpc) is 2.25. The molecule has 1 rings (SSSR count). The number of hydrogen-bond donors (Lipinski definition) is 1. The van der Waals surface area contributed by atoms with E-state index in [1.54, 1.807) is 11.8 Å². The van der Waals surface area contributed by atoms with E-state index in [4.69, 9.17) is 10.5 Å². The average molecular weight is 256 g/mol. The van der Waals surface area contributed by atoms with Crippen molar-refractivity contribution < 1.29 is 14.3 Å². The molecular formula is C13H24N2O3. The van der Waals surface area contributed by atoms with Crippen LogP contribution in [-0.2, 0) is 9.53 Å². The highest BCUT2D eigenvalue weighted by atomic mass is 16.6. The molecule has 1 fully saturated rings. The first kappa shape index (κ1) is 15.0. The van der Waals surface area contributed by atoms with Crippen LogP contribution in [-0.4, -0.2) is 41.5 Å². The van der Waals surface area contributed by atoms with Crippen molar-refractivity contribution in [1.82, 2.24) is 4.90 Å². The maximum absolute atomic E-state index is 11.9. The minimum absolute atomic E-state index is 0.0308. The van der Waals surface area contributed by atoms with Crippen LogP contribution in [0.3, 0.4) is 0 Å². The van der Waals surface area contributed by atoms with E-state index < -0.39 is 11.6 Å². The Morgan fingerprint density at radius 3 is 2.50 bits per heavy atom. The number of carbonyl (C=O) groups excluding carboxylic acids is 2. The van der Waals surface area contributed by atoms with Crippen LogP contribution in [0.1, 0.15) is 40.5 Å². The lowest BCUT2D eigenvalue weighted by Crippen LogP contribution is -2.47. The van der Waals surface area contributed by atoms with Gasteiger partial charge in [0.15, 0.2) is 5.78 Å². The standard InChI is InChI=1S/C13H24N2O3/c1-9(14)11(16)10-6-5-7-15(8-10)12(17)18-13(2,3)4/h9-10H,5-8,14H2,1-4H3/t9-,10+/m0/s1. The minimum Gasteiger partial charge on any atom is -0.444 e. The molecule has 18 heavy (non-hydrogen) atoms. The maximum atomic E-state index is 11.9. The van der Waals surface area contributed by atoms with Crippen molar-refractivity contribution >= 4 is 11.9 Å². The number of ketones is 1. The maximum Gasteiger partial charge on any atom is 0.410 e. The Labute approximate surface area is 109 Å². The number of piperidine rings is 1. The molecule has 5 heteroatoms. The van der Waals surface area contributed by atoms with Gasteiger partial charge in [0, 0.05) is 19.0 Å². The Kier molecular flexibility index (Phi) is 4.73. The predicted octanol–water partition coefficient (Wildman–Crippen LogP) is 1.55. The summed E-state index contributed by atoms with van der Waals surface area (Å²) >= 11 is 0. The monoisotopic (exact) mass is 256 g/mol. The zero-order valence-corrected chi connectivity index (χ0v) is 11.7. The van der Waals surface area contributed by atoms with Gasteiger partial charge in [-0.1, -0.05) is 0 Å². The highest BCUT2D eigenvalue weighted by Crippen LogP contribution is 2.20. The summed E-state index contributed by atoms with van der Waals surface area (Å²) in [4.78, 5) is 25.4. The van der Waals surface area contributed by atoms with Crippen LogP contribution in [0.15, 0.2) is 0 Å². The van der Waals surface area contributed by atoms with E-state index in [2.05, 4.69) is 0 Å². The third-order valence-corrected chi connectivity index (χ3v) is 2.92. The topological polar surface area (TPSA) is 72.6 Å². The zero-order valence-electron chi connectivity index (χ0n) is 11.7. The lowest BCUT2D eigenvalue weighted by atomic mass is 9.91. The molecule has 1 amide bonds. The van der Waals surface area contributed by atoms with Gasteiger partial charge >= 0.3 is 6.09 Å². The van der Waals surface area contributed by atoms with E-state index in [9.17, 15) is 9.59 Å². The number of likely N-dealkylation sites (tertiary alicyclic amines) is 1. The number of ether oxygens (including phenoxy) is 1. The summed E-state index contributed by atoms with van der Waals surface area (Å²) < 4.78 is 5.31. The summed E-state index contributed by atoms with van der Waals surface area (Å²) in [5.74, 6) is -0.116. The molecule has 0 unspecified atom stereocenters. The van der Waals surface area contributed by atoms with E-state index in [1.165, 1.54) is 0 Å². The number of hydrogen-bond acceptors (Lipinski definition) is 4. The van der Waals surface area contributed by atoms with E-state index in [0.29, 0.717) is 13.1 Å². The number of nitrogens with zero attached hydrogens (tertiary/aromatic N) is 1. The van der Waals surface area contributed by atoms with Crippen molar-refractivity contribution in [3.8, 4) is 0 Å². The lowest BCUT2D eigenvalue weighted by molar-refractivity contribution is -0.125. The Balaban J connectivity index is 2.59. The first-order valence-corrected chi connectivity index (χ1v) is 6.48. The molecule has 0 saturated carbocycles. The second-order valence-corrected chi connectivity index (χ2v) is 5.96. The van der Waals surface area contributed by atoms with Crippen LogP contribution >= 0.6 is 0 Å². The van der Waals surface area contributed by atoms with Crippen molar-refractivity contribution in [2.45, 2.75) is 52.2 Å². The molecule has 0 aromatic heterocycles. The quantitative estimate of drug-likeness (QED) is 0.813. The summed E-state index contributed by atoms with van der Waals surface area (Å²) in [5, 5.41) is 0. The SMILES string of the molecule is C[C@H](N)C(=O)[C@@H]1CCCN(C(=O)OC(C)(C)C)C1. The third-order valence-electron chi connectivity index (χ3n) is 2.92. The molecule has 0 bridgehead atoms. The van der Waals surface area contributed by atoms with Gasteiger partial charge in [-0.15, -0.1) is 0 Å². The summed E-state index contributed by atoms with van der Waals surface area (Å²) in [5.41, 5.74) is 5.10. The van der Waals surface area contributed by atoms with Crippen molar-refractivity contribution in [3.05, 3.63) is 0 Å². The summed E-state index contributed by atoms with van der Waals surface area (Å²) in [6.07, 6.45) is 1.28. The Morgan fingerprint density at radius 1 is 1.39 bits per heavy atom. The minimum atomic E-state index is -0.505. The van der Waals surface area contributed by atoms with E-state index in [1.807, 2.05) is 20.8 Å². The van der Waals surface area contributed by atoms with Gasteiger partial charge in [0.25, 0.3) is 0 Å². The molecule has 104 valence electrons. The number of rotatable bonds is 2. The smallest absolute Gasteiger partial charge is 0.410 e. The van der Waals surface area contributed by atoms with Gasteiger partial charge in [-0.25, -0.2) is 4.79 Å². The molecule has 1 aliphatic heterocycles. The van der Waals surface area contributed by atoms with E-state index in [-0.39, 0.29) is 17.8 Å². The molecule has 5 nitrogen and oxygen atoms in total. The molecule has 0 aliphatic carbocycles. The fourth-order valence-corrected chi connectivity index (χ4v) is 2.07. The second kappa shape index (κ2) is 5.69. The second-order valence-electron chi connectivity index (χ2n) is 5.96. The number of amides is 1. The first-order chi connectivity index (χ1) is 8.20. The lowest BCUT2D eigenvalue weighted by Gasteiger charge is -2.34. The van der Waals surface area contributed by atoms with E-state index >= 15 is 0 Å². The van der Waals surface area contributed by atoms with Crippen LogP contribution in [0.5, 0.6) is 0 Å². The van der Waals surface area contributed by atoms with Gasteiger partial charge in [-0.3, -0.25) is 4.79 Å². The molecule has 0 aromatic rings. The van der Waals surface area contributed by atoms with Gasteiger partial charge in [0.05, 0.1) is 6.04 Å². The molecule has 0 spiro atoms. The molecular weight excluding hydrogens is 232 g/mol. The number of carbonyl (C=O) groups is 2. The summed E-state index contributed by atoms with van der Waals surface area (Å²) in [7, 11) is 0. The molecule has 1 heterocycles. The fourth-order valence-electron chi connectivity index (χ4n) is 2.07. The molecule has 2 atom stereocenters. The van der Waals surface area contributed by atoms with E-state index in [0.717, 1.165) is 12.8 Å². The van der Waals surface area contributed by atoms with Crippen molar-refractivity contribution in [3.63, 3.8) is 0 Å². The molecule has 1 saturated heterocycles. The molecule has 0 radical (unpaired) electrons. The van der Waals surface area contributed by atoms with Crippen LogP contribution in [0.25, 0.3) is 0 Å². The number of nitrogens with two attached hydrogens (primary N) is 1. The zero-order chi connectivity index (χ0) is 13.9. The van der Waals surface area contributed by atoms with Gasteiger partial charge in [0.1, 0.15) is 5.60 Å². The summed E-state index contributed by atoms with van der Waals surface area (Å²) in [6, 6.07) is -0.464. The molecule has 1 aliphatic rings. The highest BCUT2D eigenvalue weighted by molar-refractivity contribution is 5.86. The molecule has 0 aromatic carbocycles. The van der Waals surface area contributed by atoms with Gasteiger partial charge in [-0.05, 0) is 40.5 Å². The molecule has 2 N–H and O–H groups in total. The third kappa shape index (κ3) is 4.29. The normalized spacial score (nSPS) is 22.5. The van der Waals surface area contributed by atoms with Crippen molar-refractivity contribution in [1.29, 1.82) is 0 Å². The van der Waals surface area contributed by atoms with Crippen LogP contribution in [0, 0.1) is 5.92 Å². The summed E-state index contributed by atoms with van der Waals surface area (Å²) in [6.45, 7) is 8.26. The van der Waals surface area contributed by atoms with Crippen molar-refractivity contribution in [2.24, 2.45) is 11.7 Å². The first-order valence-electron chi connectivity index (χ1n) is 6.48. The highest BCUT2D eigenvalue weighted by Gasteiger charge is 2.31. The van der Waals surface area contributed by atoms with Gasteiger partial charge in [-0.2, -0.15) is 0 Å². The van der Waals surface area contributed by atoms with Crippen molar-refractivity contribution in [2.75, 3.05) is 13.1 Å². The predicted molar refractivity (Wildman–Crippen MR) is 69.2 cm³/mol. The number of Topliss-reactive ketones (excluding diaryl/α,β-unsaturated/α-hetero) is 1. The Hall–Kier alpha value is -1.10. The fraction of sp³-hybridized carbons (Fsp3) is 0.846. The van der Waals surface area contributed by atoms with Crippen LogP contribution in [0.2, 0.25) is 0 Å².